The molecule has 4 heterocycles. The van der Waals surface area contributed by atoms with Crippen molar-refractivity contribution in [3.63, 3.8) is 0 Å². The second kappa shape index (κ2) is 19.7. The van der Waals surface area contributed by atoms with Crippen molar-refractivity contribution in [2.75, 3.05) is 32.9 Å². The van der Waals surface area contributed by atoms with Crippen molar-refractivity contribution in [1.82, 2.24) is 39.6 Å². The van der Waals surface area contributed by atoms with E-state index >= 15 is 0 Å². The van der Waals surface area contributed by atoms with E-state index in [0.29, 0.717) is 4.68 Å². The lowest BCUT2D eigenvalue weighted by atomic mass is 10.6. The molecular formula is C23H34N16O12S2+4. The molecule has 28 nitrogen and oxygen atoms in total. The molecule has 2 aromatic heterocycles. The predicted octanol–water partition coefficient (Wildman–Crippen LogP) is -0.602. The maximum Gasteiger partial charge on any atom is 0.638 e. The zero-order valence-electron chi connectivity index (χ0n) is 28.4. The van der Waals surface area contributed by atoms with Crippen molar-refractivity contribution in [1.29, 1.82) is 0 Å². The molecule has 0 unspecified atom stereocenters. The second-order valence-corrected chi connectivity index (χ2v) is 12.0. The van der Waals surface area contributed by atoms with E-state index in [-0.39, 0.29) is 32.8 Å². The number of urea groups is 2. The molecule has 2 aliphatic rings. The summed E-state index contributed by atoms with van der Waals surface area (Å²) in [5.74, 6) is 0. The second-order valence-electron chi connectivity index (χ2n) is 9.45. The third-order valence-electron chi connectivity index (χ3n) is 5.72. The third kappa shape index (κ3) is 12.4. The Balaban J connectivity index is 0.000000286. The molecular weight excluding hydrogens is 756 g/mol. The molecule has 2 aliphatic heterocycles. The molecule has 0 atom stereocenters. The highest BCUT2D eigenvalue weighted by atomic mass is 32.3. The van der Waals surface area contributed by atoms with Crippen LogP contribution in [0.15, 0.2) is 67.2 Å². The van der Waals surface area contributed by atoms with E-state index in [9.17, 15) is 36.0 Å². The van der Waals surface area contributed by atoms with Gasteiger partial charge in [-0.3, -0.25) is 0 Å². The molecule has 0 bridgehead atoms. The van der Waals surface area contributed by atoms with Gasteiger partial charge < -0.3 is 0 Å². The van der Waals surface area contributed by atoms with E-state index < -0.39 is 57.6 Å². The van der Waals surface area contributed by atoms with Crippen LogP contribution in [0.4, 0.5) is 9.59 Å². The topological polar surface area (TPSA) is 306 Å². The monoisotopic (exact) mass is 790 g/mol. The van der Waals surface area contributed by atoms with Gasteiger partial charge in [0.15, 0.2) is 32.2 Å². The van der Waals surface area contributed by atoms with Crippen LogP contribution in [0.3, 0.4) is 0 Å². The summed E-state index contributed by atoms with van der Waals surface area (Å²) >= 11 is 0. The van der Waals surface area contributed by atoms with E-state index in [0.717, 1.165) is 32.8 Å². The van der Waals surface area contributed by atoms with Gasteiger partial charge in [0.25, 0.3) is 10.4 Å². The average Bonchev–Trinajstić information content (AvgIpc) is 3.85. The quantitative estimate of drug-likeness (QED) is 0.160. The number of hydrogen-bond acceptors (Lipinski definition) is 20. The van der Waals surface area contributed by atoms with Crippen LogP contribution in [0.2, 0.25) is 0 Å². The highest BCUT2D eigenvalue weighted by Gasteiger charge is 2.40. The summed E-state index contributed by atoms with van der Waals surface area (Å²) in [6.45, 7) is 4.42. The van der Waals surface area contributed by atoms with E-state index in [1.165, 1.54) is 24.8 Å². The molecule has 4 rings (SSSR count). The van der Waals surface area contributed by atoms with Gasteiger partial charge in [-0.25, -0.2) is 26.3 Å². The van der Waals surface area contributed by atoms with E-state index in [1.54, 1.807) is 52.0 Å². The Hall–Kier alpha value is -5.82. The van der Waals surface area contributed by atoms with Crippen LogP contribution in [-0.2, 0) is 50.8 Å². The molecule has 4 amide bonds. The number of rotatable bonds is 19. The van der Waals surface area contributed by atoms with Crippen LogP contribution in [0.5, 0.6) is 0 Å². The van der Waals surface area contributed by atoms with Gasteiger partial charge in [-0.2, -0.15) is 45.2 Å². The predicted molar refractivity (Wildman–Crippen MR) is 168 cm³/mol. The highest BCUT2D eigenvalue weighted by molar-refractivity contribution is 7.82. The number of amides is 4. The first-order chi connectivity index (χ1) is 25.3. The van der Waals surface area contributed by atoms with Crippen molar-refractivity contribution in [2.45, 2.75) is 41.0 Å². The fraction of sp³-hybridized carbons (Fsp3) is 0.478. The minimum atomic E-state index is -4.43. The molecule has 0 saturated heterocycles. The first-order valence-electron chi connectivity index (χ1n) is 14.9. The number of carbonyl (C=O) groups excluding carboxylic acids is 2. The van der Waals surface area contributed by atoms with Crippen molar-refractivity contribution in [3.05, 3.63) is 57.7 Å². The number of allylic oxidation sites excluding steroid dienone is 4. The number of hydrogen-bond donors (Lipinski definition) is 0. The number of carbonyl (C=O) groups is 2. The Bertz CT molecular complexity index is 2240. The summed E-state index contributed by atoms with van der Waals surface area (Å²) in [4.78, 5) is 47.1. The summed E-state index contributed by atoms with van der Waals surface area (Å²) in [6.07, 6.45) is 11.9. The minimum Gasteiger partial charge on any atom is -0.246 e. The molecule has 30 heteroatoms. The Morgan fingerprint density at radius 3 is 1.47 bits per heavy atom. The Labute approximate surface area is 299 Å². The fourth-order valence-electron chi connectivity index (χ4n) is 3.45. The third-order valence-corrected chi connectivity index (χ3v) is 7.48. The minimum absolute atomic E-state index is 0.143. The zero-order chi connectivity index (χ0) is 39.0. The lowest BCUT2D eigenvalue weighted by Crippen LogP contribution is -2.27. The lowest BCUT2D eigenvalue weighted by molar-refractivity contribution is -0.564. The van der Waals surface area contributed by atoms with Crippen molar-refractivity contribution in [2.24, 2.45) is 20.9 Å². The van der Waals surface area contributed by atoms with Crippen LogP contribution in [0, 0.1) is 0 Å². The van der Waals surface area contributed by atoms with Crippen LogP contribution in [0.1, 0.15) is 27.7 Å². The van der Waals surface area contributed by atoms with Crippen molar-refractivity contribution in [3.8, 4) is 0 Å². The summed E-state index contributed by atoms with van der Waals surface area (Å²) in [6, 6.07) is -1.10. The maximum absolute atomic E-state index is 11.8. The molecule has 2 aromatic rings. The number of nitrogens with zero attached hydrogens (tertiary/aromatic N) is 16. The van der Waals surface area contributed by atoms with E-state index in [1.807, 2.05) is 0 Å². The summed E-state index contributed by atoms with van der Waals surface area (Å²) < 4.78 is 72.4. The smallest absolute Gasteiger partial charge is 0.246 e. The summed E-state index contributed by atoms with van der Waals surface area (Å²) in [5, 5.41) is 28.3. The fourth-order valence-corrected chi connectivity index (χ4v) is 4.65. The van der Waals surface area contributed by atoms with Crippen molar-refractivity contribution >= 4 is 45.3 Å². The SMILES string of the molecule is C/C=C/n1nnn(CCOS(=O)(=O)OCC[N+]2=NN=[N+](/C=C/C)C2=O)c1=O.C/C=C/n1nnn(COS(=O)(=O)OCC[N+]2=NN=[N+](/C=C/C)C2=O)c1=O. The Morgan fingerprint density at radius 2 is 1.00 bits per heavy atom. The van der Waals surface area contributed by atoms with Gasteiger partial charge in [0.2, 0.25) is 0 Å². The Kier molecular flexibility index (Phi) is 15.5. The van der Waals surface area contributed by atoms with Gasteiger partial charge in [0.05, 0.1) is 13.2 Å². The first kappa shape index (κ1) is 41.6. The average molecular weight is 791 g/mol. The highest BCUT2D eigenvalue weighted by Crippen LogP contribution is 2.04. The maximum atomic E-state index is 11.8. The molecule has 286 valence electrons. The molecule has 0 radical (unpaired) electrons. The van der Waals surface area contributed by atoms with E-state index in [2.05, 4.69) is 58.5 Å². The lowest BCUT2D eigenvalue weighted by Gasteiger charge is -2.03. The van der Waals surface area contributed by atoms with E-state index in [4.69, 9.17) is 0 Å². The normalized spacial score (nSPS) is 15.2. The van der Waals surface area contributed by atoms with Gasteiger partial charge in [0.1, 0.15) is 22.6 Å². The van der Waals surface area contributed by atoms with Crippen LogP contribution in [0.25, 0.3) is 12.4 Å². The standard InChI is InChI=1S/C12H18N8O6S.C11H16N8O6S/c1-3-5-17-11(21)19(15-13-17)7-9-25-27(23,24)26-10-8-20-12(22)18(6-4-2)14-16-20;1-3-5-16-10(20)18(13-12-16)7-8-24-26(22,23)25-9-19-11(21)17(6-4-2)14-15-19/h3-6H,7-10H2,1-2H3;3-6H,7-9H2,1-2H3/q2*+2/b2*5-3+,6-4+. The van der Waals surface area contributed by atoms with Gasteiger partial charge >= 0.3 is 54.7 Å². The molecule has 0 saturated carbocycles. The zero-order valence-corrected chi connectivity index (χ0v) is 30.1. The molecule has 0 aliphatic carbocycles. The van der Waals surface area contributed by atoms with Crippen molar-refractivity contribution < 1.29 is 61.9 Å². The van der Waals surface area contributed by atoms with Crippen LogP contribution >= 0.6 is 0 Å². The van der Waals surface area contributed by atoms with Gasteiger partial charge in [0, 0.05) is 21.8 Å². The van der Waals surface area contributed by atoms with Gasteiger partial charge in [-0.1, -0.05) is 12.2 Å². The number of aromatic nitrogens is 8. The molecule has 0 aromatic carbocycles. The largest absolute Gasteiger partial charge is 0.638 e. The Morgan fingerprint density at radius 1 is 0.566 bits per heavy atom. The summed E-state index contributed by atoms with van der Waals surface area (Å²) in [5.41, 5.74) is -1.23. The van der Waals surface area contributed by atoms with Gasteiger partial charge in [-0.05, 0) is 60.7 Å². The van der Waals surface area contributed by atoms with Crippen LogP contribution in [-0.4, -0.2) is 120 Å². The molecule has 0 spiro atoms. The first-order valence-corrected chi connectivity index (χ1v) is 17.6. The molecule has 0 fully saturated rings. The molecule has 0 N–H and O–H groups in total. The van der Waals surface area contributed by atoms with Crippen LogP contribution < -0.4 is 11.4 Å². The molecule has 53 heavy (non-hydrogen) atoms. The summed E-state index contributed by atoms with van der Waals surface area (Å²) in [7, 11) is -8.75. The number of tetrazole rings is 2. The van der Waals surface area contributed by atoms with Gasteiger partial charge in [-0.15, -0.1) is 0 Å².